The van der Waals surface area contributed by atoms with E-state index in [9.17, 15) is 34.9 Å². The molecule has 184 valence electrons. The van der Waals surface area contributed by atoms with E-state index in [0.717, 1.165) is 11.8 Å². The highest BCUT2D eigenvalue weighted by molar-refractivity contribution is 8.14. The van der Waals surface area contributed by atoms with Crippen molar-refractivity contribution in [3.8, 4) is 22.3 Å². The molecule has 4 aromatic carbocycles. The number of thioether (sulfide) groups is 1. The van der Waals surface area contributed by atoms with E-state index in [4.69, 9.17) is 0 Å². The van der Waals surface area contributed by atoms with E-state index < -0.39 is 20.9 Å². The van der Waals surface area contributed by atoms with Gasteiger partial charge in [0, 0.05) is 39.6 Å². The minimum absolute atomic E-state index is 0.0557. The third-order valence-corrected chi connectivity index (χ3v) is 6.82. The summed E-state index contributed by atoms with van der Waals surface area (Å²) in [4.78, 5) is 46.5. The maximum atomic E-state index is 13.2. The summed E-state index contributed by atoms with van der Waals surface area (Å²) in [6.07, 6.45) is 0. The Hall–Kier alpha value is -4.48. The molecule has 0 spiro atoms. The molecule has 4 rings (SSSR count). The van der Waals surface area contributed by atoms with Gasteiger partial charge in [0.05, 0.1) is 15.4 Å². The Morgan fingerprint density at radius 3 is 1.57 bits per heavy atom. The Bertz CT molecular complexity index is 1550. The van der Waals surface area contributed by atoms with Crippen LogP contribution < -0.4 is 0 Å². The molecule has 0 radical (unpaired) electrons. The summed E-state index contributed by atoms with van der Waals surface area (Å²) in [6.45, 7) is 0. The Kier molecular flexibility index (Phi) is 7.37. The molecule has 0 bridgehead atoms. The normalized spacial score (nSPS) is 10.6. The number of thiol groups is 1. The van der Waals surface area contributed by atoms with Gasteiger partial charge in [-0.25, -0.2) is 4.79 Å². The van der Waals surface area contributed by atoms with Crippen molar-refractivity contribution in [3.63, 3.8) is 0 Å². The molecular formula is C26H16N2O7S2. The number of hydrogen-bond donors (Lipinski definition) is 2. The topological polar surface area (TPSA) is 141 Å². The maximum absolute atomic E-state index is 13.2. The fourth-order valence-corrected chi connectivity index (χ4v) is 4.74. The molecule has 0 aliphatic carbocycles. The van der Waals surface area contributed by atoms with Crippen LogP contribution in [0.1, 0.15) is 20.7 Å². The van der Waals surface area contributed by atoms with Crippen molar-refractivity contribution >= 4 is 46.9 Å². The molecule has 0 aliphatic rings. The largest absolute Gasteiger partial charge is 0.478 e. The number of carboxylic acid groups (broad SMARTS) is 1. The lowest BCUT2D eigenvalue weighted by atomic mass is 10.0. The Labute approximate surface area is 219 Å². The van der Waals surface area contributed by atoms with Crippen LogP contribution in [0, 0.1) is 20.2 Å². The van der Waals surface area contributed by atoms with Crippen LogP contribution in [0.15, 0.2) is 94.7 Å². The standard InChI is InChI=1S/C26H16N2O7S2/c29-25(30)22-14-18(16-3-9-20(10-4-16)28(34)35)6-12-24(22)37-26(31)21-13-17(5-11-23(21)36)15-1-7-19(8-2-15)27(32)33/h1-14,36H,(H,29,30). The van der Waals surface area contributed by atoms with Gasteiger partial charge in [-0.15, -0.1) is 12.6 Å². The predicted octanol–water partition coefficient (Wildman–Crippen LogP) is 6.76. The molecule has 0 aliphatic heterocycles. The summed E-state index contributed by atoms with van der Waals surface area (Å²) in [5.74, 6) is -1.23. The minimum Gasteiger partial charge on any atom is -0.478 e. The molecule has 0 unspecified atom stereocenters. The van der Waals surface area contributed by atoms with Gasteiger partial charge in [-0.1, -0.05) is 12.1 Å². The van der Waals surface area contributed by atoms with Gasteiger partial charge in [0.2, 0.25) is 5.12 Å². The highest BCUT2D eigenvalue weighted by Crippen LogP contribution is 2.34. The molecule has 0 amide bonds. The number of carbonyl (C=O) groups is 2. The molecule has 0 heterocycles. The number of aromatic carboxylic acids is 1. The molecule has 0 aromatic heterocycles. The number of hydrogen-bond acceptors (Lipinski definition) is 8. The van der Waals surface area contributed by atoms with Gasteiger partial charge < -0.3 is 5.11 Å². The van der Waals surface area contributed by atoms with Crippen molar-refractivity contribution in [2.45, 2.75) is 9.79 Å². The Morgan fingerprint density at radius 1 is 0.676 bits per heavy atom. The van der Waals surface area contributed by atoms with E-state index >= 15 is 0 Å². The zero-order valence-corrected chi connectivity index (χ0v) is 20.4. The quantitative estimate of drug-likeness (QED) is 0.115. The lowest BCUT2D eigenvalue weighted by Gasteiger charge is -2.11. The molecule has 1 N–H and O–H groups in total. The third-order valence-electron chi connectivity index (χ3n) is 5.45. The van der Waals surface area contributed by atoms with Gasteiger partial charge >= 0.3 is 5.97 Å². The summed E-state index contributed by atoms with van der Waals surface area (Å²) < 4.78 is 0. The van der Waals surface area contributed by atoms with Crippen molar-refractivity contribution < 1.29 is 24.5 Å². The number of rotatable bonds is 7. The lowest BCUT2D eigenvalue weighted by Crippen LogP contribution is -2.02. The number of non-ortho nitro benzene ring substituents is 2. The first-order valence-electron chi connectivity index (χ1n) is 10.6. The van der Waals surface area contributed by atoms with E-state index in [1.807, 2.05) is 0 Å². The number of nitro benzene ring substituents is 2. The van der Waals surface area contributed by atoms with Gasteiger partial charge in [0.25, 0.3) is 11.4 Å². The molecule has 9 nitrogen and oxygen atoms in total. The van der Waals surface area contributed by atoms with Crippen LogP contribution >= 0.6 is 24.4 Å². The molecule has 11 heteroatoms. The van der Waals surface area contributed by atoms with Crippen LogP contribution in [0.2, 0.25) is 0 Å². The number of benzene rings is 4. The van der Waals surface area contributed by atoms with E-state index in [1.165, 1.54) is 48.5 Å². The van der Waals surface area contributed by atoms with Gasteiger partial charge in [0.1, 0.15) is 0 Å². The zero-order chi connectivity index (χ0) is 26.7. The Morgan fingerprint density at radius 2 is 1.11 bits per heavy atom. The molecule has 0 saturated heterocycles. The molecule has 0 atom stereocenters. The number of nitro groups is 2. The molecule has 4 aromatic rings. The van der Waals surface area contributed by atoms with Crippen LogP contribution in [-0.4, -0.2) is 26.0 Å². The SMILES string of the molecule is O=C(Sc1ccc(-c2ccc([N+](=O)[O-])cc2)cc1C(=O)O)c1cc(-c2ccc([N+](=O)[O-])cc2)ccc1S. The van der Waals surface area contributed by atoms with E-state index in [2.05, 4.69) is 12.6 Å². The lowest BCUT2D eigenvalue weighted by molar-refractivity contribution is -0.385. The van der Waals surface area contributed by atoms with Crippen molar-refractivity contribution in [3.05, 3.63) is 116 Å². The van der Waals surface area contributed by atoms with Crippen LogP contribution in [-0.2, 0) is 0 Å². The number of carboxylic acids is 1. The number of carbonyl (C=O) groups excluding carboxylic acids is 1. The average Bonchev–Trinajstić information content (AvgIpc) is 2.89. The smallest absolute Gasteiger partial charge is 0.336 e. The molecule has 0 saturated carbocycles. The summed E-state index contributed by atoms with van der Waals surface area (Å²) in [5, 5.41) is 31.1. The second-order valence-electron chi connectivity index (χ2n) is 7.75. The van der Waals surface area contributed by atoms with Crippen LogP contribution in [0.3, 0.4) is 0 Å². The highest BCUT2D eigenvalue weighted by Gasteiger charge is 2.19. The van der Waals surface area contributed by atoms with Crippen molar-refractivity contribution in [2.24, 2.45) is 0 Å². The average molecular weight is 533 g/mol. The fraction of sp³-hybridized carbons (Fsp3) is 0. The van der Waals surface area contributed by atoms with E-state index in [0.29, 0.717) is 27.1 Å². The summed E-state index contributed by atoms with van der Waals surface area (Å²) in [6, 6.07) is 21.1. The second-order valence-corrected chi connectivity index (χ2v) is 9.24. The first-order valence-corrected chi connectivity index (χ1v) is 11.8. The van der Waals surface area contributed by atoms with E-state index in [-0.39, 0.29) is 27.4 Å². The van der Waals surface area contributed by atoms with Crippen molar-refractivity contribution in [2.75, 3.05) is 0 Å². The van der Waals surface area contributed by atoms with Gasteiger partial charge in [0.15, 0.2) is 0 Å². The monoisotopic (exact) mass is 532 g/mol. The van der Waals surface area contributed by atoms with Crippen LogP contribution in [0.25, 0.3) is 22.3 Å². The van der Waals surface area contributed by atoms with Gasteiger partial charge in [-0.3, -0.25) is 25.0 Å². The summed E-state index contributed by atoms with van der Waals surface area (Å²) >= 11 is 5.11. The Balaban J connectivity index is 1.62. The van der Waals surface area contributed by atoms with Gasteiger partial charge in [-0.2, -0.15) is 0 Å². The summed E-state index contributed by atoms with van der Waals surface area (Å²) in [7, 11) is 0. The van der Waals surface area contributed by atoms with Crippen molar-refractivity contribution in [1.29, 1.82) is 0 Å². The maximum Gasteiger partial charge on any atom is 0.336 e. The first-order chi connectivity index (χ1) is 17.6. The zero-order valence-electron chi connectivity index (χ0n) is 18.7. The van der Waals surface area contributed by atoms with E-state index in [1.54, 1.807) is 36.4 Å². The van der Waals surface area contributed by atoms with Crippen molar-refractivity contribution in [1.82, 2.24) is 0 Å². The van der Waals surface area contributed by atoms with Crippen LogP contribution in [0.4, 0.5) is 11.4 Å². The highest BCUT2D eigenvalue weighted by atomic mass is 32.2. The van der Waals surface area contributed by atoms with Crippen LogP contribution in [0.5, 0.6) is 0 Å². The molecule has 0 fully saturated rings. The molecule has 37 heavy (non-hydrogen) atoms. The second kappa shape index (κ2) is 10.6. The third kappa shape index (κ3) is 5.68. The minimum atomic E-state index is -1.23. The van der Waals surface area contributed by atoms with Gasteiger partial charge in [-0.05, 0) is 82.5 Å². The first kappa shape index (κ1) is 25.6. The molecular weight excluding hydrogens is 516 g/mol. The fourth-order valence-electron chi connectivity index (χ4n) is 3.55. The summed E-state index contributed by atoms with van der Waals surface area (Å²) in [5.41, 5.74) is 2.43. The predicted molar refractivity (Wildman–Crippen MR) is 141 cm³/mol. The number of nitrogens with zero attached hydrogens (tertiary/aromatic N) is 2.